The van der Waals surface area contributed by atoms with Gasteiger partial charge in [0, 0.05) is 30.8 Å². The zero-order chi connectivity index (χ0) is 26.1. The molecule has 9 nitrogen and oxygen atoms in total. The number of benzene rings is 1. The van der Waals surface area contributed by atoms with Gasteiger partial charge in [0.15, 0.2) is 0 Å². The van der Waals surface area contributed by atoms with Crippen LogP contribution in [0.15, 0.2) is 34.6 Å². The maximum Gasteiger partial charge on any atom is 0.248 e. The van der Waals surface area contributed by atoms with Gasteiger partial charge in [0.1, 0.15) is 17.9 Å². The van der Waals surface area contributed by atoms with Gasteiger partial charge in [-0.05, 0) is 51.9 Å². The van der Waals surface area contributed by atoms with Crippen LogP contribution in [-0.2, 0) is 9.59 Å². The summed E-state index contributed by atoms with van der Waals surface area (Å²) in [5.74, 6) is 5.07. The van der Waals surface area contributed by atoms with Gasteiger partial charge in [-0.3, -0.25) is 9.59 Å². The van der Waals surface area contributed by atoms with E-state index in [0.29, 0.717) is 11.3 Å². The van der Waals surface area contributed by atoms with E-state index in [1.165, 1.54) is 22.0 Å². The van der Waals surface area contributed by atoms with Gasteiger partial charge in [-0.25, -0.2) is 10.2 Å². The van der Waals surface area contributed by atoms with Crippen molar-refractivity contribution in [1.82, 2.24) is 15.2 Å². The van der Waals surface area contributed by atoms with Gasteiger partial charge in [0.2, 0.25) is 11.8 Å². The topological polar surface area (TPSA) is 145 Å². The molecule has 7 N–H and O–H groups in total. The van der Waals surface area contributed by atoms with Crippen LogP contribution in [0.1, 0.15) is 51.6 Å². The van der Waals surface area contributed by atoms with E-state index < -0.39 is 53.9 Å². The molecule has 11 heteroatoms. The molecular weight excluding hydrogens is 521 g/mol. The quantitative estimate of drug-likeness (QED) is 0.241. The monoisotopic (exact) mass is 555 g/mol. The molecule has 3 rings (SSSR count). The number of rotatable bonds is 8. The number of nitrogens with two attached hydrogens (primary N) is 2. The number of aliphatic hydroxyl groups is 2. The molecule has 1 saturated heterocycles. The van der Waals surface area contributed by atoms with Gasteiger partial charge >= 0.3 is 0 Å². The predicted octanol–water partition coefficient (Wildman–Crippen LogP) is 1.50. The Morgan fingerprint density at radius 1 is 1.37 bits per heavy atom. The summed E-state index contributed by atoms with van der Waals surface area (Å²) < 4.78 is 14.3. The Morgan fingerprint density at radius 3 is 2.57 bits per heavy atom. The molecule has 0 spiro atoms. The largest absolute Gasteiger partial charge is 0.401 e. The minimum Gasteiger partial charge on any atom is -0.401 e. The summed E-state index contributed by atoms with van der Waals surface area (Å²) in [6.07, 6.45) is 2.69. The van der Waals surface area contributed by atoms with Crippen molar-refractivity contribution in [3.8, 4) is 0 Å². The lowest BCUT2D eigenvalue weighted by Gasteiger charge is -2.39. The summed E-state index contributed by atoms with van der Waals surface area (Å²) in [4.78, 5) is 28.2. The predicted molar refractivity (Wildman–Crippen MR) is 132 cm³/mol. The Bertz CT molecular complexity index is 981. The van der Waals surface area contributed by atoms with Crippen molar-refractivity contribution in [2.75, 3.05) is 13.2 Å². The smallest absolute Gasteiger partial charge is 0.248 e. The molecule has 1 saturated carbocycles. The molecule has 1 aromatic rings. The minimum atomic E-state index is -0.977. The van der Waals surface area contributed by atoms with Crippen LogP contribution in [0.3, 0.4) is 0 Å². The van der Waals surface area contributed by atoms with E-state index in [2.05, 4.69) is 21.2 Å². The molecule has 2 aliphatic rings. The Kier molecular flexibility index (Phi) is 8.46. The number of aliphatic hydroxyl groups excluding tert-OH is 2. The lowest BCUT2D eigenvalue weighted by atomic mass is 9.85. The molecule has 0 radical (unpaired) electrons. The first kappa shape index (κ1) is 27.4. The molecule has 1 aromatic carbocycles. The molecule has 1 aliphatic heterocycles. The summed E-state index contributed by atoms with van der Waals surface area (Å²) in [6, 6.07) is 1.59. The highest BCUT2D eigenvalue weighted by Gasteiger charge is 2.46. The highest BCUT2D eigenvalue weighted by atomic mass is 79.9. The number of hydrogen-bond donors (Lipinski definition) is 5. The second-order valence-electron chi connectivity index (χ2n) is 10.4. The number of nitrogens with zero attached hydrogens (tertiary/aromatic N) is 2. The highest BCUT2D eigenvalue weighted by Crippen LogP contribution is 2.35. The Hall–Kier alpha value is -2.21. The normalized spacial score (nSPS) is 22.6. The van der Waals surface area contributed by atoms with E-state index in [-0.39, 0.29) is 23.4 Å². The molecule has 194 valence electrons. The second-order valence-corrected chi connectivity index (χ2v) is 11.3. The van der Waals surface area contributed by atoms with Crippen LogP contribution in [0.25, 0.3) is 0 Å². The molecule has 4 unspecified atom stereocenters. The first-order chi connectivity index (χ1) is 16.3. The SMILES string of the molecule is CC(C)(C)C(C(=O)N1CC(O)CC1C(=O)NC(CO)c1ccc(Br)c(F)c1)N(N)/C=C(\N)C1CC1. The van der Waals surface area contributed by atoms with Crippen LogP contribution in [0.5, 0.6) is 0 Å². The van der Waals surface area contributed by atoms with E-state index in [1.807, 2.05) is 20.8 Å². The number of hydrogen-bond acceptors (Lipinski definition) is 7. The van der Waals surface area contributed by atoms with E-state index >= 15 is 0 Å². The van der Waals surface area contributed by atoms with Crippen LogP contribution < -0.4 is 16.9 Å². The Labute approximate surface area is 213 Å². The number of β-amino-alcohol motifs (C(OH)–C–C–N with tert-alkyl or cyclic N) is 1. The standard InChI is InChI=1S/C24H35BrFN5O4/c1-24(2,3)21(31(28)11-18(27)13-4-5-13)23(35)30-10-15(33)9-20(30)22(34)29-19(12-32)14-6-7-16(25)17(26)8-14/h6-8,11,13,15,19-21,32-33H,4-5,9-10,12,27-28H2,1-3H3,(H,29,34)/b18-11-. The third kappa shape index (κ3) is 6.52. The number of halogens is 2. The number of amides is 2. The van der Waals surface area contributed by atoms with E-state index in [1.54, 1.807) is 12.3 Å². The van der Waals surface area contributed by atoms with E-state index in [4.69, 9.17) is 11.6 Å². The van der Waals surface area contributed by atoms with Gasteiger partial charge < -0.3 is 31.2 Å². The van der Waals surface area contributed by atoms with Gasteiger partial charge in [0.25, 0.3) is 0 Å². The summed E-state index contributed by atoms with van der Waals surface area (Å²) in [5, 5.41) is 24.2. The third-order valence-electron chi connectivity index (χ3n) is 6.41. The molecule has 1 aliphatic carbocycles. The minimum absolute atomic E-state index is 0.0319. The van der Waals surface area contributed by atoms with Crippen molar-refractivity contribution in [2.24, 2.45) is 22.9 Å². The number of carbonyl (C=O) groups excluding carboxylic acids is 2. The maximum absolute atomic E-state index is 14.0. The molecule has 1 heterocycles. The summed E-state index contributed by atoms with van der Waals surface area (Å²) in [6.45, 7) is 5.09. The lowest BCUT2D eigenvalue weighted by molar-refractivity contribution is -0.145. The molecule has 35 heavy (non-hydrogen) atoms. The average Bonchev–Trinajstić information content (AvgIpc) is 3.54. The molecule has 2 amide bonds. The van der Waals surface area contributed by atoms with Crippen LogP contribution in [0.4, 0.5) is 4.39 Å². The average molecular weight is 556 g/mol. The van der Waals surface area contributed by atoms with Gasteiger partial charge in [0.05, 0.1) is 23.2 Å². The van der Waals surface area contributed by atoms with Gasteiger partial charge in [-0.1, -0.05) is 26.8 Å². The van der Waals surface area contributed by atoms with Crippen molar-refractivity contribution in [3.63, 3.8) is 0 Å². The maximum atomic E-state index is 14.0. The summed E-state index contributed by atoms with van der Waals surface area (Å²) in [7, 11) is 0. The molecule has 0 aromatic heterocycles. The first-order valence-corrected chi connectivity index (χ1v) is 12.5. The summed E-state index contributed by atoms with van der Waals surface area (Å²) in [5.41, 5.74) is 6.49. The lowest BCUT2D eigenvalue weighted by Crippen LogP contribution is -2.58. The second kappa shape index (κ2) is 10.8. The fourth-order valence-corrected chi connectivity index (χ4v) is 4.65. The van der Waals surface area contributed by atoms with Crippen LogP contribution in [0.2, 0.25) is 0 Å². The van der Waals surface area contributed by atoms with Crippen molar-refractivity contribution in [3.05, 3.63) is 45.9 Å². The number of hydrazine groups is 1. The van der Waals surface area contributed by atoms with E-state index in [9.17, 15) is 24.2 Å². The molecular formula is C24H35BrFN5O4. The molecule has 0 bridgehead atoms. The van der Waals surface area contributed by atoms with Crippen molar-refractivity contribution in [1.29, 1.82) is 0 Å². The number of nitrogens with one attached hydrogen (secondary N) is 1. The van der Waals surface area contributed by atoms with Crippen LogP contribution in [-0.4, -0.2) is 63.3 Å². The summed E-state index contributed by atoms with van der Waals surface area (Å²) >= 11 is 3.08. The van der Waals surface area contributed by atoms with E-state index in [0.717, 1.165) is 12.8 Å². The van der Waals surface area contributed by atoms with Gasteiger partial charge in [-0.15, -0.1) is 0 Å². The van der Waals surface area contributed by atoms with Crippen molar-refractivity contribution < 1.29 is 24.2 Å². The highest BCUT2D eigenvalue weighted by molar-refractivity contribution is 9.10. The zero-order valence-electron chi connectivity index (χ0n) is 20.2. The Balaban J connectivity index is 1.81. The number of likely N-dealkylation sites (tertiary alicyclic amines) is 1. The molecule has 2 fully saturated rings. The Morgan fingerprint density at radius 2 is 2.03 bits per heavy atom. The van der Waals surface area contributed by atoms with Crippen molar-refractivity contribution >= 4 is 27.7 Å². The van der Waals surface area contributed by atoms with Crippen LogP contribution in [0, 0.1) is 17.2 Å². The van der Waals surface area contributed by atoms with Gasteiger partial charge in [-0.2, -0.15) is 0 Å². The third-order valence-corrected chi connectivity index (χ3v) is 7.05. The first-order valence-electron chi connectivity index (χ1n) is 11.7. The van der Waals surface area contributed by atoms with Crippen LogP contribution >= 0.6 is 15.9 Å². The molecule has 4 atom stereocenters. The fourth-order valence-electron chi connectivity index (χ4n) is 4.41. The number of allylic oxidation sites excluding steroid dienone is 1. The zero-order valence-corrected chi connectivity index (χ0v) is 21.8. The van der Waals surface area contributed by atoms with Crippen molar-refractivity contribution in [2.45, 2.75) is 64.3 Å². The fraction of sp³-hybridized carbons (Fsp3) is 0.583. The number of carbonyl (C=O) groups is 2.